The topological polar surface area (TPSA) is 70.7 Å². The van der Waals surface area contributed by atoms with Gasteiger partial charge in [-0.2, -0.15) is 0 Å². The molecule has 6 nitrogen and oxygen atoms in total. The average molecular weight is 333 g/mol. The van der Waals surface area contributed by atoms with Crippen LogP contribution in [-0.4, -0.2) is 48.5 Å². The maximum atomic E-state index is 12.3. The van der Waals surface area contributed by atoms with E-state index in [1.54, 1.807) is 7.11 Å². The van der Waals surface area contributed by atoms with Crippen molar-refractivity contribution < 1.29 is 14.3 Å². The number of benzene rings is 1. The van der Waals surface area contributed by atoms with Crippen LogP contribution >= 0.6 is 0 Å². The van der Waals surface area contributed by atoms with Gasteiger partial charge in [0.25, 0.3) is 0 Å². The lowest BCUT2D eigenvalue weighted by Gasteiger charge is -2.35. The van der Waals surface area contributed by atoms with Crippen molar-refractivity contribution in [3.63, 3.8) is 0 Å². The molecule has 1 aromatic rings. The SMILES string of the molecule is COc1cccc(CN2CCNC(=O)C2CC(=O)NC(C)(C)C)c1. The number of piperazine rings is 1. The number of nitrogens with zero attached hydrogens (tertiary/aromatic N) is 1. The number of carbonyl (C=O) groups is 2. The van der Waals surface area contributed by atoms with Crippen LogP contribution in [0, 0.1) is 0 Å². The maximum Gasteiger partial charge on any atom is 0.237 e. The van der Waals surface area contributed by atoms with Crippen molar-refractivity contribution in [3.05, 3.63) is 29.8 Å². The first kappa shape index (κ1) is 18.3. The number of amides is 2. The lowest BCUT2D eigenvalue weighted by molar-refractivity contribution is -0.134. The van der Waals surface area contributed by atoms with Gasteiger partial charge < -0.3 is 15.4 Å². The van der Waals surface area contributed by atoms with Crippen LogP contribution in [0.25, 0.3) is 0 Å². The van der Waals surface area contributed by atoms with Gasteiger partial charge in [-0.15, -0.1) is 0 Å². The van der Waals surface area contributed by atoms with E-state index < -0.39 is 6.04 Å². The van der Waals surface area contributed by atoms with Gasteiger partial charge in [0.05, 0.1) is 19.6 Å². The number of carbonyl (C=O) groups excluding carboxylic acids is 2. The average Bonchev–Trinajstić information content (AvgIpc) is 2.49. The van der Waals surface area contributed by atoms with Crippen molar-refractivity contribution in [1.82, 2.24) is 15.5 Å². The molecule has 1 atom stereocenters. The molecule has 1 heterocycles. The second kappa shape index (κ2) is 7.66. The molecule has 2 rings (SSSR count). The fourth-order valence-electron chi connectivity index (χ4n) is 2.82. The van der Waals surface area contributed by atoms with Crippen molar-refractivity contribution in [3.8, 4) is 5.75 Å². The molecule has 0 aliphatic carbocycles. The molecule has 6 heteroatoms. The van der Waals surface area contributed by atoms with E-state index in [0.29, 0.717) is 13.1 Å². The van der Waals surface area contributed by atoms with Crippen LogP contribution in [0.1, 0.15) is 32.8 Å². The van der Waals surface area contributed by atoms with E-state index >= 15 is 0 Å². The fraction of sp³-hybridized carbons (Fsp3) is 0.556. The second-order valence-corrected chi connectivity index (χ2v) is 7.13. The van der Waals surface area contributed by atoms with Gasteiger partial charge in [0.15, 0.2) is 0 Å². The summed E-state index contributed by atoms with van der Waals surface area (Å²) in [5, 5.41) is 5.78. The number of hydrogen-bond donors (Lipinski definition) is 2. The molecule has 0 saturated carbocycles. The Morgan fingerprint density at radius 1 is 1.42 bits per heavy atom. The first-order valence-electron chi connectivity index (χ1n) is 8.24. The van der Waals surface area contributed by atoms with Crippen LogP contribution < -0.4 is 15.4 Å². The first-order valence-corrected chi connectivity index (χ1v) is 8.24. The Hall–Kier alpha value is -2.08. The van der Waals surface area contributed by atoms with Gasteiger partial charge in [0.2, 0.25) is 11.8 Å². The van der Waals surface area contributed by atoms with Gasteiger partial charge in [0, 0.05) is 25.2 Å². The van der Waals surface area contributed by atoms with Crippen molar-refractivity contribution in [1.29, 1.82) is 0 Å². The molecule has 1 saturated heterocycles. The van der Waals surface area contributed by atoms with Crippen LogP contribution in [0.4, 0.5) is 0 Å². The predicted octanol–water partition coefficient (Wildman–Crippen LogP) is 1.30. The molecule has 2 amide bonds. The molecule has 1 aliphatic heterocycles. The highest BCUT2D eigenvalue weighted by molar-refractivity contribution is 5.89. The standard InChI is InChI=1S/C18H27N3O3/c1-18(2,3)20-16(22)11-15-17(23)19-8-9-21(15)12-13-6-5-7-14(10-13)24-4/h5-7,10,15H,8-9,11-12H2,1-4H3,(H,19,23)(H,20,22). The molecule has 0 spiro atoms. The summed E-state index contributed by atoms with van der Waals surface area (Å²) in [7, 11) is 1.63. The zero-order valence-corrected chi connectivity index (χ0v) is 14.9. The van der Waals surface area contributed by atoms with Gasteiger partial charge in [-0.05, 0) is 38.5 Å². The summed E-state index contributed by atoms with van der Waals surface area (Å²) in [5.41, 5.74) is 0.755. The third-order valence-electron chi connectivity index (χ3n) is 3.85. The number of ether oxygens (including phenoxy) is 1. The fourth-order valence-corrected chi connectivity index (χ4v) is 2.82. The van der Waals surface area contributed by atoms with E-state index in [2.05, 4.69) is 15.5 Å². The van der Waals surface area contributed by atoms with Gasteiger partial charge >= 0.3 is 0 Å². The molecule has 0 aromatic heterocycles. The van der Waals surface area contributed by atoms with E-state index in [1.807, 2.05) is 45.0 Å². The molecular weight excluding hydrogens is 306 g/mol. The normalized spacial score (nSPS) is 18.8. The van der Waals surface area contributed by atoms with Gasteiger partial charge in [-0.1, -0.05) is 12.1 Å². The van der Waals surface area contributed by atoms with Crippen molar-refractivity contribution in [2.75, 3.05) is 20.2 Å². The third kappa shape index (κ3) is 5.23. The van der Waals surface area contributed by atoms with Crippen LogP contribution in [0.15, 0.2) is 24.3 Å². The van der Waals surface area contributed by atoms with Crippen molar-refractivity contribution in [2.45, 2.75) is 45.3 Å². The molecule has 1 fully saturated rings. The summed E-state index contributed by atoms with van der Waals surface area (Å²) >= 11 is 0. The Kier molecular flexibility index (Phi) is 5.83. The van der Waals surface area contributed by atoms with Crippen LogP contribution in [-0.2, 0) is 16.1 Å². The molecule has 1 aliphatic rings. The van der Waals surface area contributed by atoms with Gasteiger partial charge in [-0.3, -0.25) is 14.5 Å². The van der Waals surface area contributed by atoms with E-state index in [1.165, 1.54) is 0 Å². The Balaban J connectivity index is 2.07. The molecule has 24 heavy (non-hydrogen) atoms. The summed E-state index contributed by atoms with van der Waals surface area (Å²) in [6.45, 7) is 7.72. The Bertz CT molecular complexity index is 595. The quantitative estimate of drug-likeness (QED) is 0.852. The van der Waals surface area contributed by atoms with Crippen LogP contribution in [0.3, 0.4) is 0 Å². The van der Waals surface area contributed by atoms with E-state index in [0.717, 1.165) is 17.9 Å². The highest BCUT2D eigenvalue weighted by Crippen LogP contribution is 2.18. The summed E-state index contributed by atoms with van der Waals surface area (Å²) in [6.07, 6.45) is 0.160. The minimum absolute atomic E-state index is 0.0896. The van der Waals surface area contributed by atoms with Crippen LogP contribution in [0.5, 0.6) is 5.75 Å². The van der Waals surface area contributed by atoms with Crippen molar-refractivity contribution >= 4 is 11.8 Å². The largest absolute Gasteiger partial charge is 0.497 e. The summed E-state index contributed by atoms with van der Waals surface area (Å²) < 4.78 is 5.25. The maximum absolute atomic E-state index is 12.3. The first-order chi connectivity index (χ1) is 11.3. The highest BCUT2D eigenvalue weighted by Gasteiger charge is 2.32. The Morgan fingerprint density at radius 2 is 2.17 bits per heavy atom. The van der Waals surface area contributed by atoms with E-state index in [9.17, 15) is 9.59 Å². The molecule has 1 aromatic carbocycles. The smallest absolute Gasteiger partial charge is 0.237 e. The predicted molar refractivity (Wildman–Crippen MR) is 92.7 cm³/mol. The molecular formula is C18H27N3O3. The number of rotatable bonds is 5. The Labute approximate surface area is 143 Å². The molecule has 0 bridgehead atoms. The van der Waals surface area contributed by atoms with E-state index in [-0.39, 0.29) is 23.8 Å². The summed E-state index contributed by atoms with van der Waals surface area (Å²) in [5.74, 6) is 0.587. The molecule has 1 unspecified atom stereocenters. The monoisotopic (exact) mass is 333 g/mol. The highest BCUT2D eigenvalue weighted by atomic mass is 16.5. The second-order valence-electron chi connectivity index (χ2n) is 7.13. The molecule has 0 radical (unpaired) electrons. The van der Waals surface area contributed by atoms with E-state index in [4.69, 9.17) is 4.74 Å². The molecule has 2 N–H and O–H groups in total. The van der Waals surface area contributed by atoms with Crippen molar-refractivity contribution in [2.24, 2.45) is 0 Å². The number of methoxy groups -OCH3 is 1. The zero-order chi connectivity index (χ0) is 17.7. The number of hydrogen-bond acceptors (Lipinski definition) is 4. The van der Waals surface area contributed by atoms with Gasteiger partial charge in [-0.25, -0.2) is 0 Å². The zero-order valence-electron chi connectivity index (χ0n) is 14.9. The summed E-state index contributed by atoms with van der Waals surface area (Å²) in [4.78, 5) is 26.5. The summed E-state index contributed by atoms with van der Waals surface area (Å²) in [6, 6.07) is 7.33. The van der Waals surface area contributed by atoms with Gasteiger partial charge in [0.1, 0.15) is 5.75 Å². The lowest BCUT2D eigenvalue weighted by atomic mass is 10.0. The number of nitrogens with one attached hydrogen (secondary N) is 2. The minimum atomic E-state index is -0.452. The third-order valence-corrected chi connectivity index (χ3v) is 3.85. The lowest BCUT2D eigenvalue weighted by Crippen LogP contribution is -2.56. The van der Waals surface area contributed by atoms with Crippen LogP contribution in [0.2, 0.25) is 0 Å². The molecule has 132 valence electrons. The Morgan fingerprint density at radius 3 is 2.83 bits per heavy atom. The minimum Gasteiger partial charge on any atom is -0.497 e.